The Hall–Kier alpha value is -1.70. The van der Waals surface area contributed by atoms with Crippen molar-refractivity contribution in [2.24, 2.45) is 0 Å². The van der Waals surface area contributed by atoms with Gasteiger partial charge in [0.15, 0.2) is 6.71 Å². The summed E-state index contributed by atoms with van der Waals surface area (Å²) in [5.41, 5.74) is 4.01. The van der Waals surface area contributed by atoms with Gasteiger partial charge in [-0.1, -0.05) is 61.6 Å². The van der Waals surface area contributed by atoms with E-state index in [0.717, 1.165) is 6.54 Å². The molecule has 2 heteroatoms. The van der Waals surface area contributed by atoms with Crippen LogP contribution >= 0.6 is 0 Å². The number of hydrogen-bond acceptors (Lipinski definition) is 1. The van der Waals surface area contributed by atoms with Crippen LogP contribution in [0.1, 0.15) is 5.56 Å². The van der Waals surface area contributed by atoms with E-state index in [4.69, 9.17) is 0 Å². The van der Waals surface area contributed by atoms with Crippen LogP contribution in [-0.2, 0) is 6.54 Å². The molecule has 0 aliphatic rings. The molecule has 0 spiro atoms. The molecule has 0 aliphatic heterocycles. The summed E-state index contributed by atoms with van der Waals surface area (Å²) in [6.45, 7) is 6.00. The van der Waals surface area contributed by atoms with Crippen LogP contribution in [0.25, 0.3) is 0 Å². The molecule has 0 aromatic heterocycles. The van der Waals surface area contributed by atoms with E-state index >= 15 is 0 Å². The SMILES string of the molecule is CB(C)c1ccc(CN(C)c2ccccc2)cc1. The van der Waals surface area contributed by atoms with Crippen LogP contribution in [0.15, 0.2) is 54.6 Å². The van der Waals surface area contributed by atoms with Gasteiger partial charge in [0.25, 0.3) is 0 Å². The third-order valence-corrected chi connectivity index (χ3v) is 3.26. The van der Waals surface area contributed by atoms with Gasteiger partial charge in [-0.05, 0) is 17.7 Å². The van der Waals surface area contributed by atoms with Gasteiger partial charge in [0.1, 0.15) is 0 Å². The quantitative estimate of drug-likeness (QED) is 0.737. The van der Waals surface area contributed by atoms with Gasteiger partial charge in [-0.2, -0.15) is 0 Å². The summed E-state index contributed by atoms with van der Waals surface area (Å²) in [6.07, 6.45) is 0. The van der Waals surface area contributed by atoms with Gasteiger partial charge < -0.3 is 4.90 Å². The second-order valence-electron chi connectivity index (χ2n) is 5.09. The summed E-state index contributed by atoms with van der Waals surface area (Å²) in [5.74, 6) is 0. The molecule has 2 rings (SSSR count). The molecule has 0 saturated carbocycles. The number of para-hydroxylation sites is 1. The fraction of sp³-hybridized carbons (Fsp3) is 0.250. The van der Waals surface area contributed by atoms with Gasteiger partial charge in [-0.15, -0.1) is 0 Å². The van der Waals surface area contributed by atoms with Crippen molar-refractivity contribution in [3.05, 3.63) is 60.2 Å². The largest absolute Gasteiger partial charge is 0.370 e. The van der Waals surface area contributed by atoms with E-state index in [-0.39, 0.29) is 0 Å². The third kappa shape index (κ3) is 3.16. The van der Waals surface area contributed by atoms with Gasteiger partial charge in [0.05, 0.1) is 0 Å². The van der Waals surface area contributed by atoms with Gasteiger partial charge in [0.2, 0.25) is 0 Å². The average Bonchev–Trinajstić information content (AvgIpc) is 2.40. The van der Waals surface area contributed by atoms with Crippen LogP contribution in [0.5, 0.6) is 0 Å². The molecule has 0 N–H and O–H groups in total. The zero-order valence-electron chi connectivity index (χ0n) is 11.4. The molecule has 2 aromatic carbocycles. The molecule has 0 bridgehead atoms. The van der Waals surface area contributed by atoms with Crippen LogP contribution in [0, 0.1) is 0 Å². The second kappa shape index (κ2) is 5.77. The molecule has 18 heavy (non-hydrogen) atoms. The first kappa shape index (κ1) is 12.8. The first-order chi connectivity index (χ1) is 8.66. The molecule has 0 heterocycles. The number of anilines is 1. The molecule has 92 valence electrons. The fourth-order valence-corrected chi connectivity index (χ4v) is 2.06. The van der Waals surface area contributed by atoms with Crippen LogP contribution < -0.4 is 10.4 Å². The lowest BCUT2D eigenvalue weighted by Crippen LogP contribution is -2.23. The van der Waals surface area contributed by atoms with Crippen molar-refractivity contribution < 1.29 is 0 Å². The Morgan fingerprint density at radius 1 is 0.889 bits per heavy atom. The lowest BCUT2D eigenvalue weighted by atomic mass is 9.49. The molecular formula is C16H20BN. The maximum atomic E-state index is 2.27. The lowest BCUT2D eigenvalue weighted by Gasteiger charge is -2.19. The van der Waals surface area contributed by atoms with Crippen LogP contribution in [-0.4, -0.2) is 13.8 Å². The van der Waals surface area contributed by atoms with Crippen molar-refractivity contribution in [3.63, 3.8) is 0 Å². The minimum atomic E-state index is 0.603. The maximum absolute atomic E-state index is 2.27. The van der Waals surface area contributed by atoms with Gasteiger partial charge in [-0.25, -0.2) is 0 Å². The summed E-state index contributed by atoms with van der Waals surface area (Å²) < 4.78 is 0. The van der Waals surface area contributed by atoms with Crippen molar-refractivity contribution in [2.45, 2.75) is 20.2 Å². The Bertz CT molecular complexity index is 476. The van der Waals surface area contributed by atoms with Crippen molar-refractivity contribution in [3.8, 4) is 0 Å². The monoisotopic (exact) mass is 237 g/mol. The van der Waals surface area contributed by atoms with Crippen LogP contribution in [0.3, 0.4) is 0 Å². The molecule has 2 aromatic rings. The summed E-state index contributed by atoms with van der Waals surface area (Å²) in [4.78, 5) is 2.27. The van der Waals surface area contributed by atoms with E-state index in [1.165, 1.54) is 16.7 Å². The Balaban J connectivity index is 2.05. The minimum absolute atomic E-state index is 0.603. The molecule has 0 fully saturated rings. The first-order valence-electron chi connectivity index (χ1n) is 6.52. The molecule has 0 saturated heterocycles. The topological polar surface area (TPSA) is 3.24 Å². The fourth-order valence-electron chi connectivity index (χ4n) is 2.06. The molecule has 0 amide bonds. The Morgan fingerprint density at radius 2 is 1.50 bits per heavy atom. The molecule has 0 unspecified atom stereocenters. The van der Waals surface area contributed by atoms with Crippen molar-refractivity contribution >= 4 is 17.9 Å². The summed E-state index contributed by atoms with van der Waals surface area (Å²) >= 11 is 0. The van der Waals surface area contributed by atoms with Crippen LogP contribution in [0.4, 0.5) is 5.69 Å². The highest BCUT2D eigenvalue weighted by Gasteiger charge is 2.04. The molecule has 1 nitrogen and oxygen atoms in total. The number of hydrogen-bond donors (Lipinski definition) is 0. The van der Waals surface area contributed by atoms with E-state index in [0.29, 0.717) is 6.71 Å². The molecule has 0 atom stereocenters. The number of nitrogens with zero attached hydrogens (tertiary/aromatic N) is 1. The minimum Gasteiger partial charge on any atom is -0.370 e. The zero-order chi connectivity index (χ0) is 13.0. The van der Waals surface area contributed by atoms with Gasteiger partial charge in [-0.3, -0.25) is 0 Å². The van der Waals surface area contributed by atoms with Gasteiger partial charge in [0, 0.05) is 19.3 Å². The van der Waals surface area contributed by atoms with E-state index < -0.39 is 0 Å². The first-order valence-corrected chi connectivity index (χ1v) is 6.52. The summed E-state index contributed by atoms with van der Waals surface area (Å²) in [5, 5.41) is 0. The summed E-state index contributed by atoms with van der Waals surface area (Å²) in [6, 6.07) is 19.4. The van der Waals surface area contributed by atoms with E-state index in [1.54, 1.807) is 0 Å². The Morgan fingerprint density at radius 3 is 2.06 bits per heavy atom. The van der Waals surface area contributed by atoms with Crippen LogP contribution in [0.2, 0.25) is 13.6 Å². The number of benzene rings is 2. The third-order valence-electron chi connectivity index (χ3n) is 3.26. The number of rotatable bonds is 4. The zero-order valence-corrected chi connectivity index (χ0v) is 11.4. The Labute approximate surface area is 111 Å². The predicted molar refractivity (Wildman–Crippen MR) is 82.1 cm³/mol. The molecule has 0 aliphatic carbocycles. The van der Waals surface area contributed by atoms with Crippen molar-refractivity contribution in [2.75, 3.05) is 11.9 Å². The highest BCUT2D eigenvalue weighted by Crippen LogP contribution is 2.14. The van der Waals surface area contributed by atoms with E-state index in [1.807, 2.05) is 0 Å². The second-order valence-corrected chi connectivity index (χ2v) is 5.09. The van der Waals surface area contributed by atoms with Crippen molar-refractivity contribution in [1.82, 2.24) is 0 Å². The Kier molecular flexibility index (Phi) is 4.09. The standard InChI is InChI=1S/C16H20BN/c1-17(2)15-11-9-14(10-12-15)13-18(3)16-7-5-4-6-8-16/h4-12H,13H2,1-3H3. The predicted octanol–water partition coefficient (Wildman–Crippen LogP) is 3.28. The van der Waals surface area contributed by atoms with E-state index in [9.17, 15) is 0 Å². The normalized spacial score (nSPS) is 10.2. The smallest absolute Gasteiger partial charge is 0.169 e. The highest BCUT2D eigenvalue weighted by molar-refractivity contribution is 6.70. The summed E-state index contributed by atoms with van der Waals surface area (Å²) in [7, 11) is 2.13. The molecular weight excluding hydrogens is 217 g/mol. The molecule has 0 radical (unpaired) electrons. The van der Waals surface area contributed by atoms with E-state index in [2.05, 4.69) is 80.2 Å². The van der Waals surface area contributed by atoms with Crippen molar-refractivity contribution in [1.29, 1.82) is 0 Å². The maximum Gasteiger partial charge on any atom is 0.169 e. The average molecular weight is 237 g/mol. The van der Waals surface area contributed by atoms with Gasteiger partial charge >= 0.3 is 0 Å². The lowest BCUT2D eigenvalue weighted by molar-refractivity contribution is 0.924. The highest BCUT2D eigenvalue weighted by atomic mass is 15.1.